The van der Waals surface area contributed by atoms with Gasteiger partial charge in [0.25, 0.3) is 5.91 Å². The Balaban J connectivity index is 2.02. The average Bonchev–Trinajstić information content (AvgIpc) is 2.49. The Labute approximate surface area is 125 Å². The van der Waals surface area contributed by atoms with E-state index in [1.54, 1.807) is 17.0 Å². The normalized spacial score (nSPS) is 14.0. The van der Waals surface area contributed by atoms with E-state index in [1.165, 1.54) is 11.6 Å². The fraction of sp³-hybridized carbons (Fsp3) is 0.188. The lowest BCUT2D eigenvalue weighted by Crippen LogP contribution is -2.35. The molecule has 0 N–H and O–H groups in total. The summed E-state index contributed by atoms with van der Waals surface area (Å²) < 4.78 is 13.8. The van der Waals surface area contributed by atoms with Gasteiger partial charge in [0.1, 0.15) is 5.82 Å². The van der Waals surface area contributed by atoms with Gasteiger partial charge in [-0.25, -0.2) is 4.39 Å². The third-order valence-electron chi connectivity index (χ3n) is 3.54. The second-order valence-electron chi connectivity index (χ2n) is 4.79. The van der Waals surface area contributed by atoms with Crippen LogP contribution < -0.4 is 4.90 Å². The van der Waals surface area contributed by atoms with Crippen molar-refractivity contribution in [2.45, 2.75) is 12.8 Å². The molecule has 0 spiro atoms. The maximum atomic E-state index is 13.6. The third kappa shape index (κ3) is 2.24. The summed E-state index contributed by atoms with van der Waals surface area (Å²) in [5.41, 5.74) is 2.46. The van der Waals surface area contributed by atoms with Crippen molar-refractivity contribution in [3.63, 3.8) is 0 Å². The number of rotatable bonds is 1. The molecule has 0 saturated heterocycles. The Bertz CT molecular complexity index is 671. The first-order valence-corrected chi connectivity index (χ1v) is 7.31. The summed E-state index contributed by atoms with van der Waals surface area (Å²) >= 11 is 3.16. The molecule has 1 amide bonds. The first-order valence-electron chi connectivity index (χ1n) is 6.52. The first-order chi connectivity index (χ1) is 9.68. The number of benzene rings is 2. The van der Waals surface area contributed by atoms with Crippen LogP contribution in [-0.4, -0.2) is 12.5 Å². The molecular weight excluding hydrogens is 321 g/mol. The lowest BCUT2D eigenvalue weighted by Gasteiger charge is -2.29. The molecule has 3 rings (SSSR count). The van der Waals surface area contributed by atoms with Crippen molar-refractivity contribution in [2.75, 3.05) is 11.4 Å². The summed E-state index contributed by atoms with van der Waals surface area (Å²) in [6.45, 7) is 0.665. The SMILES string of the molecule is O=C(c1cccc(F)c1Br)N1CCCc2ccccc21. The van der Waals surface area contributed by atoms with Gasteiger partial charge in [-0.05, 0) is 52.5 Å². The zero-order chi connectivity index (χ0) is 14.1. The Morgan fingerprint density at radius 3 is 2.80 bits per heavy atom. The Kier molecular flexibility index (Phi) is 3.57. The minimum atomic E-state index is -0.416. The molecule has 1 aliphatic rings. The van der Waals surface area contributed by atoms with Crippen molar-refractivity contribution < 1.29 is 9.18 Å². The van der Waals surface area contributed by atoms with E-state index in [0.29, 0.717) is 12.1 Å². The van der Waals surface area contributed by atoms with Gasteiger partial charge in [0, 0.05) is 12.2 Å². The number of hydrogen-bond donors (Lipinski definition) is 0. The number of aryl methyl sites for hydroxylation is 1. The molecule has 2 aromatic carbocycles. The predicted molar refractivity (Wildman–Crippen MR) is 80.5 cm³/mol. The summed E-state index contributed by atoms with van der Waals surface area (Å²) in [4.78, 5) is 14.4. The fourth-order valence-electron chi connectivity index (χ4n) is 2.56. The number of carbonyl (C=O) groups excluding carboxylic acids is 1. The van der Waals surface area contributed by atoms with E-state index in [2.05, 4.69) is 15.9 Å². The summed E-state index contributed by atoms with van der Waals surface area (Å²) in [6.07, 6.45) is 1.90. The molecule has 0 aliphatic carbocycles. The number of carbonyl (C=O) groups is 1. The number of hydrogen-bond acceptors (Lipinski definition) is 1. The van der Waals surface area contributed by atoms with Crippen LogP contribution in [0.5, 0.6) is 0 Å². The molecule has 20 heavy (non-hydrogen) atoms. The van der Waals surface area contributed by atoms with Crippen molar-refractivity contribution in [1.82, 2.24) is 0 Å². The van der Waals surface area contributed by atoms with E-state index < -0.39 is 5.82 Å². The van der Waals surface area contributed by atoms with Gasteiger partial charge in [0.05, 0.1) is 10.0 Å². The van der Waals surface area contributed by atoms with E-state index in [4.69, 9.17) is 0 Å². The quantitative estimate of drug-likeness (QED) is 0.766. The smallest absolute Gasteiger partial charge is 0.259 e. The number of para-hydroxylation sites is 1. The van der Waals surface area contributed by atoms with Crippen LogP contribution in [0.15, 0.2) is 46.9 Å². The summed E-state index contributed by atoms with van der Waals surface area (Å²) in [6, 6.07) is 12.4. The lowest BCUT2D eigenvalue weighted by atomic mass is 10.0. The summed E-state index contributed by atoms with van der Waals surface area (Å²) in [7, 11) is 0. The maximum absolute atomic E-state index is 13.6. The molecule has 0 unspecified atom stereocenters. The number of halogens is 2. The minimum absolute atomic E-state index is 0.163. The van der Waals surface area contributed by atoms with E-state index in [-0.39, 0.29) is 10.4 Å². The second-order valence-corrected chi connectivity index (χ2v) is 5.58. The molecule has 0 fully saturated rings. The molecule has 0 aromatic heterocycles. The van der Waals surface area contributed by atoms with Gasteiger partial charge in [-0.2, -0.15) is 0 Å². The first kappa shape index (κ1) is 13.3. The molecule has 0 saturated carbocycles. The highest BCUT2D eigenvalue weighted by Crippen LogP contribution is 2.30. The molecule has 0 bridgehead atoms. The molecule has 0 radical (unpaired) electrons. The molecule has 2 nitrogen and oxygen atoms in total. The van der Waals surface area contributed by atoms with Gasteiger partial charge in [0.15, 0.2) is 0 Å². The van der Waals surface area contributed by atoms with Crippen LogP contribution in [0.3, 0.4) is 0 Å². The summed E-state index contributed by atoms with van der Waals surface area (Å²) in [5.74, 6) is -0.579. The third-order valence-corrected chi connectivity index (χ3v) is 4.34. The monoisotopic (exact) mass is 333 g/mol. The van der Waals surface area contributed by atoms with Crippen molar-refractivity contribution in [3.05, 3.63) is 63.9 Å². The highest BCUT2D eigenvalue weighted by molar-refractivity contribution is 9.10. The van der Waals surface area contributed by atoms with Gasteiger partial charge < -0.3 is 4.90 Å². The fourth-order valence-corrected chi connectivity index (χ4v) is 2.99. The van der Waals surface area contributed by atoms with Crippen LogP contribution in [-0.2, 0) is 6.42 Å². The molecule has 1 aliphatic heterocycles. The van der Waals surface area contributed by atoms with Crippen LogP contribution in [0.25, 0.3) is 0 Å². The van der Waals surface area contributed by atoms with Gasteiger partial charge in [0.2, 0.25) is 0 Å². The number of anilines is 1. The molecule has 2 aromatic rings. The average molecular weight is 334 g/mol. The van der Waals surface area contributed by atoms with Crippen LogP contribution in [0.2, 0.25) is 0 Å². The van der Waals surface area contributed by atoms with Gasteiger partial charge in [-0.1, -0.05) is 24.3 Å². The molecule has 0 atom stereocenters. The Morgan fingerprint density at radius 2 is 1.95 bits per heavy atom. The summed E-state index contributed by atoms with van der Waals surface area (Å²) in [5, 5.41) is 0. The van der Waals surface area contributed by atoms with E-state index in [9.17, 15) is 9.18 Å². The minimum Gasteiger partial charge on any atom is -0.308 e. The van der Waals surface area contributed by atoms with Crippen LogP contribution >= 0.6 is 15.9 Å². The van der Waals surface area contributed by atoms with E-state index in [0.717, 1.165) is 18.5 Å². The van der Waals surface area contributed by atoms with Crippen molar-refractivity contribution in [3.8, 4) is 0 Å². The largest absolute Gasteiger partial charge is 0.308 e. The lowest BCUT2D eigenvalue weighted by molar-refractivity contribution is 0.0984. The predicted octanol–water partition coefficient (Wildman–Crippen LogP) is 4.18. The number of amides is 1. The zero-order valence-electron chi connectivity index (χ0n) is 10.8. The van der Waals surface area contributed by atoms with Crippen LogP contribution in [0.1, 0.15) is 22.3 Å². The van der Waals surface area contributed by atoms with E-state index in [1.807, 2.05) is 24.3 Å². The molecule has 4 heteroatoms. The van der Waals surface area contributed by atoms with Crippen molar-refractivity contribution >= 4 is 27.5 Å². The second kappa shape index (κ2) is 5.37. The number of fused-ring (bicyclic) bond motifs is 1. The van der Waals surface area contributed by atoms with Crippen LogP contribution in [0, 0.1) is 5.82 Å². The van der Waals surface area contributed by atoms with Gasteiger partial charge in [-0.3, -0.25) is 4.79 Å². The molecule has 1 heterocycles. The van der Waals surface area contributed by atoms with Crippen molar-refractivity contribution in [2.24, 2.45) is 0 Å². The Morgan fingerprint density at radius 1 is 1.15 bits per heavy atom. The van der Waals surface area contributed by atoms with Gasteiger partial charge in [-0.15, -0.1) is 0 Å². The van der Waals surface area contributed by atoms with Crippen molar-refractivity contribution in [1.29, 1.82) is 0 Å². The highest BCUT2D eigenvalue weighted by Gasteiger charge is 2.25. The number of nitrogens with zero attached hydrogens (tertiary/aromatic N) is 1. The standard InChI is InChI=1S/C16H13BrFNO/c17-15-12(7-3-8-13(15)18)16(20)19-10-4-6-11-5-1-2-9-14(11)19/h1-3,5,7-9H,4,6,10H2. The van der Waals surface area contributed by atoms with Crippen LogP contribution in [0.4, 0.5) is 10.1 Å². The maximum Gasteiger partial charge on any atom is 0.259 e. The zero-order valence-corrected chi connectivity index (χ0v) is 12.4. The topological polar surface area (TPSA) is 20.3 Å². The molecule has 102 valence electrons. The Hall–Kier alpha value is -1.68. The van der Waals surface area contributed by atoms with Gasteiger partial charge >= 0.3 is 0 Å². The molecular formula is C16H13BrFNO. The van der Waals surface area contributed by atoms with E-state index >= 15 is 0 Å². The highest BCUT2D eigenvalue weighted by atomic mass is 79.9.